The van der Waals surface area contributed by atoms with Crippen LogP contribution in [0.3, 0.4) is 0 Å². The third-order valence-electron chi connectivity index (χ3n) is 2.29. The van der Waals surface area contributed by atoms with Gasteiger partial charge in [-0.15, -0.1) is 0 Å². The van der Waals surface area contributed by atoms with Crippen molar-refractivity contribution in [3.63, 3.8) is 0 Å². The number of benzene rings is 1. The van der Waals surface area contributed by atoms with Gasteiger partial charge in [0.1, 0.15) is 11.4 Å². The Labute approximate surface area is 124 Å². The molecule has 0 aliphatic rings. The number of hydrogen-bond donors (Lipinski definition) is 1. The Morgan fingerprint density at radius 2 is 2.05 bits per heavy atom. The predicted molar refractivity (Wildman–Crippen MR) is 80.0 cm³/mol. The number of carbonyl (C=O) groups is 1. The molecule has 0 amide bonds. The van der Waals surface area contributed by atoms with Crippen LogP contribution >= 0.6 is 0 Å². The molecular formula is C13H18N2O5S. The summed E-state index contributed by atoms with van der Waals surface area (Å²) in [6.07, 6.45) is 0.948. The van der Waals surface area contributed by atoms with Crippen LogP contribution in [0.1, 0.15) is 19.4 Å². The lowest BCUT2D eigenvalue weighted by Gasteiger charge is -2.10. The van der Waals surface area contributed by atoms with E-state index in [0.29, 0.717) is 5.69 Å². The second-order valence-electron chi connectivity index (χ2n) is 4.32. The van der Waals surface area contributed by atoms with E-state index in [4.69, 9.17) is 8.92 Å². The molecule has 0 saturated carbocycles. The molecule has 116 valence electrons. The van der Waals surface area contributed by atoms with E-state index in [2.05, 4.69) is 10.5 Å². The van der Waals surface area contributed by atoms with E-state index in [-0.39, 0.29) is 18.1 Å². The van der Waals surface area contributed by atoms with Crippen LogP contribution in [0.2, 0.25) is 0 Å². The molecule has 0 spiro atoms. The van der Waals surface area contributed by atoms with Crippen LogP contribution in [0.4, 0.5) is 5.69 Å². The lowest BCUT2D eigenvalue weighted by atomic mass is 10.2. The predicted octanol–water partition coefficient (Wildman–Crippen LogP) is 1.68. The van der Waals surface area contributed by atoms with Crippen molar-refractivity contribution >= 4 is 27.5 Å². The number of nitrogens with zero attached hydrogens (tertiary/aromatic N) is 1. The molecule has 0 fully saturated rings. The fourth-order valence-corrected chi connectivity index (χ4v) is 1.86. The standard InChI is InChI=1S/C13H18N2O5S/c1-5-19-13(16)10(3)14-15-11-8-9(2)6-7-12(11)20-21(4,17)18/h6-8,15H,5H2,1-4H3/b14-10-. The molecule has 1 N–H and O–H groups in total. The van der Waals surface area contributed by atoms with Gasteiger partial charge in [0.2, 0.25) is 0 Å². The van der Waals surface area contributed by atoms with Gasteiger partial charge >= 0.3 is 16.1 Å². The number of carbonyl (C=O) groups excluding carboxylic acids is 1. The number of hydrazone groups is 1. The smallest absolute Gasteiger partial charge is 0.354 e. The zero-order valence-electron chi connectivity index (χ0n) is 12.3. The minimum Gasteiger partial charge on any atom is -0.461 e. The minimum atomic E-state index is -3.66. The highest BCUT2D eigenvalue weighted by Gasteiger charge is 2.11. The second-order valence-corrected chi connectivity index (χ2v) is 5.89. The molecule has 7 nitrogen and oxygen atoms in total. The maximum atomic E-state index is 11.4. The molecule has 0 bridgehead atoms. The highest BCUT2D eigenvalue weighted by Crippen LogP contribution is 2.26. The van der Waals surface area contributed by atoms with Crippen molar-refractivity contribution in [1.82, 2.24) is 0 Å². The van der Waals surface area contributed by atoms with Gasteiger partial charge in [0.25, 0.3) is 0 Å². The molecule has 0 atom stereocenters. The zero-order chi connectivity index (χ0) is 16.0. The van der Waals surface area contributed by atoms with Crippen LogP contribution in [0.15, 0.2) is 23.3 Å². The molecule has 8 heteroatoms. The van der Waals surface area contributed by atoms with Crippen molar-refractivity contribution in [3.05, 3.63) is 23.8 Å². The minimum absolute atomic E-state index is 0.100. The normalized spacial score (nSPS) is 11.9. The summed E-state index contributed by atoms with van der Waals surface area (Å²) in [4.78, 5) is 11.4. The van der Waals surface area contributed by atoms with E-state index in [1.807, 2.05) is 6.92 Å². The first kappa shape index (κ1) is 17.0. The monoisotopic (exact) mass is 314 g/mol. The van der Waals surface area contributed by atoms with Crippen LogP contribution in [0.5, 0.6) is 5.75 Å². The van der Waals surface area contributed by atoms with Crippen molar-refractivity contribution in [3.8, 4) is 5.75 Å². The van der Waals surface area contributed by atoms with Crippen molar-refractivity contribution in [2.75, 3.05) is 18.3 Å². The maximum Gasteiger partial charge on any atom is 0.354 e. The molecule has 0 aliphatic carbocycles. The number of nitrogens with one attached hydrogen (secondary N) is 1. The Balaban J connectivity index is 2.99. The SMILES string of the molecule is CCOC(=O)/C(C)=N\Nc1cc(C)ccc1OS(C)(=O)=O. The van der Waals surface area contributed by atoms with E-state index in [1.54, 1.807) is 19.1 Å². The molecule has 0 aromatic heterocycles. The number of aryl methyl sites for hydroxylation is 1. The maximum absolute atomic E-state index is 11.4. The summed E-state index contributed by atoms with van der Waals surface area (Å²) >= 11 is 0. The summed E-state index contributed by atoms with van der Waals surface area (Å²) in [5.41, 5.74) is 3.94. The van der Waals surface area contributed by atoms with Gasteiger partial charge in [-0.1, -0.05) is 6.07 Å². The molecule has 0 heterocycles. The van der Waals surface area contributed by atoms with E-state index >= 15 is 0 Å². The van der Waals surface area contributed by atoms with Crippen LogP contribution in [0.25, 0.3) is 0 Å². The Bertz CT molecular complexity index is 653. The molecular weight excluding hydrogens is 296 g/mol. The van der Waals surface area contributed by atoms with Gasteiger partial charge in [-0.3, -0.25) is 5.43 Å². The van der Waals surface area contributed by atoms with Crippen LogP contribution in [0, 0.1) is 6.92 Å². The lowest BCUT2D eigenvalue weighted by molar-refractivity contribution is -0.135. The van der Waals surface area contributed by atoms with E-state index < -0.39 is 16.1 Å². The summed E-state index contributed by atoms with van der Waals surface area (Å²) in [5.74, 6) is -0.452. The van der Waals surface area contributed by atoms with Crippen molar-refractivity contribution in [2.45, 2.75) is 20.8 Å². The number of hydrogen-bond acceptors (Lipinski definition) is 7. The van der Waals surface area contributed by atoms with E-state index in [9.17, 15) is 13.2 Å². The number of anilines is 1. The molecule has 0 saturated heterocycles. The third-order valence-corrected chi connectivity index (χ3v) is 2.77. The molecule has 1 rings (SSSR count). The number of esters is 1. The Hall–Kier alpha value is -2.09. The Morgan fingerprint density at radius 1 is 1.38 bits per heavy atom. The molecule has 0 radical (unpaired) electrons. The topological polar surface area (TPSA) is 94.1 Å². The number of rotatable bonds is 6. The van der Waals surface area contributed by atoms with Gasteiger partial charge in [0.15, 0.2) is 5.75 Å². The molecule has 0 aliphatic heterocycles. The first-order valence-corrected chi connectivity index (χ1v) is 8.02. The molecule has 21 heavy (non-hydrogen) atoms. The Kier molecular flexibility index (Phi) is 5.71. The van der Waals surface area contributed by atoms with Crippen LogP contribution in [-0.4, -0.2) is 33.0 Å². The van der Waals surface area contributed by atoms with Gasteiger partial charge in [-0.25, -0.2) is 4.79 Å². The highest BCUT2D eigenvalue weighted by molar-refractivity contribution is 7.86. The molecule has 1 aromatic carbocycles. The summed E-state index contributed by atoms with van der Waals surface area (Å²) in [6.45, 7) is 5.25. The second kappa shape index (κ2) is 7.07. The summed E-state index contributed by atoms with van der Waals surface area (Å²) in [7, 11) is -3.66. The lowest BCUT2D eigenvalue weighted by Crippen LogP contribution is -2.15. The third kappa shape index (κ3) is 5.82. The average Bonchev–Trinajstić information content (AvgIpc) is 2.37. The van der Waals surface area contributed by atoms with E-state index in [0.717, 1.165) is 11.8 Å². The number of ether oxygens (including phenoxy) is 1. The largest absolute Gasteiger partial charge is 0.461 e. The van der Waals surface area contributed by atoms with Gasteiger partial charge in [-0.2, -0.15) is 13.5 Å². The summed E-state index contributed by atoms with van der Waals surface area (Å²) < 4.78 is 32.1. The first-order valence-electron chi connectivity index (χ1n) is 6.20. The zero-order valence-corrected chi connectivity index (χ0v) is 13.2. The van der Waals surface area contributed by atoms with Crippen molar-refractivity contribution < 1.29 is 22.1 Å². The van der Waals surface area contributed by atoms with Gasteiger partial charge in [-0.05, 0) is 38.5 Å². The van der Waals surface area contributed by atoms with Gasteiger partial charge in [0, 0.05) is 0 Å². The fraction of sp³-hybridized carbons (Fsp3) is 0.385. The van der Waals surface area contributed by atoms with Crippen LogP contribution in [-0.2, 0) is 19.6 Å². The molecule has 0 unspecified atom stereocenters. The molecule has 1 aromatic rings. The first-order chi connectivity index (χ1) is 9.73. The fourth-order valence-electron chi connectivity index (χ4n) is 1.39. The van der Waals surface area contributed by atoms with Gasteiger partial charge < -0.3 is 8.92 Å². The van der Waals surface area contributed by atoms with Crippen molar-refractivity contribution in [1.29, 1.82) is 0 Å². The van der Waals surface area contributed by atoms with Crippen LogP contribution < -0.4 is 9.61 Å². The van der Waals surface area contributed by atoms with Gasteiger partial charge in [0.05, 0.1) is 12.9 Å². The quantitative estimate of drug-likeness (QED) is 0.371. The summed E-state index contributed by atoms with van der Waals surface area (Å²) in [6, 6.07) is 4.87. The van der Waals surface area contributed by atoms with Crippen molar-refractivity contribution in [2.24, 2.45) is 5.10 Å². The summed E-state index contributed by atoms with van der Waals surface area (Å²) in [5, 5.41) is 3.86. The average molecular weight is 314 g/mol. The van der Waals surface area contributed by atoms with E-state index in [1.165, 1.54) is 13.0 Å². The Morgan fingerprint density at radius 3 is 2.62 bits per heavy atom. The highest BCUT2D eigenvalue weighted by atomic mass is 32.2.